The summed E-state index contributed by atoms with van der Waals surface area (Å²) in [5.74, 6) is 0.196. The Hall–Kier alpha value is -4.26. The minimum atomic E-state index is -0.519. The molecule has 4 rings (SSSR count). The lowest BCUT2D eigenvalue weighted by molar-refractivity contribution is 0.0932. The first-order valence-corrected chi connectivity index (χ1v) is 10.6. The lowest BCUT2D eigenvalue weighted by Crippen LogP contribution is -2.33. The highest BCUT2D eigenvalue weighted by Gasteiger charge is 2.18. The summed E-state index contributed by atoms with van der Waals surface area (Å²) in [6.45, 7) is 4.06. The molecule has 0 bridgehead atoms. The zero-order valence-corrected chi connectivity index (χ0v) is 18.4. The maximum Gasteiger partial charge on any atom is 0.276 e. The molecule has 1 N–H and O–H groups in total. The number of carbonyl (C=O) groups excluding carboxylic acids is 1. The van der Waals surface area contributed by atoms with Crippen molar-refractivity contribution in [1.29, 1.82) is 0 Å². The molecule has 0 saturated heterocycles. The summed E-state index contributed by atoms with van der Waals surface area (Å²) >= 11 is 0. The minimum Gasteiger partial charge on any atom is -0.489 e. The van der Waals surface area contributed by atoms with Gasteiger partial charge in [-0.25, -0.2) is 4.68 Å². The molecule has 0 aliphatic carbocycles. The molecule has 0 fully saturated rings. The van der Waals surface area contributed by atoms with Gasteiger partial charge in [-0.05, 0) is 49.7 Å². The molecule has 0 spiro atoms. The van der Waals surface area contributed by atoms with Crippen LogP contribution >= 0.6 is 0 Å². The van der Waals surface area contributed by atoms with Gasteiger partial charge in [0.25, 0.3) is 5.91 Å². The van der Waals surface area contributed by atoms with E-state index in [1.165, 1.54) is 6.07 Å². The molecule has 4 aromatic rings. The first-order chi connectivity index (χ1) is 16.0. The number of benzene rings is 2. The van der Waals surface area contributed by atoms with Crippen LogP contribution in [0.25, 0.3) is 5.69 Å². The fourth-order valence-corrected chi connectivity index (χ4v) is 3.39. The minimum absolute atomic E-state index is 0.146. The maximum absolute atomic E-state index is 12.9. The highest BCUT2D eigenvalue weighted by Crippen LogP contribution is 2.19. The molecule has 7 nitrogen and oxygen atoms in total. The third-order valence-corrected chi connectivity index (χ3v) is 5.18. The SMILES string of the molecule is Cc1cc(=O)c(C(=O)NC(C)c2ccc(OCc3cccnc3)cc2)nn1-c1ccccc1. The second kappa shape index (κ2) is 9.91. The maximum atomic E-state index is 12.9. The van der Waals surface area contributed by atoms with Gasteiger partial charge in [0.1, 0.15) is 12.4 Å². The summed E-state index contributed by atoms with van der Waals surface area (Å²) in [6.07, 6.45) is 3.48. The number of nitrogens with one attached hydrogen (secondary N) is 1. The molecule has 0 radical (unpaired) electrons. The Morgan fingerprint density at radius 2 is 1.82 bits per heavy atom. The van der Waals surface area contributed by atoms with Gasteiger partial charge in [0.15, 0.2) is 5.69 Å². The van der Waals surface area contributed by atoms with Crippen LogP contribution in [0.15, 0.2) is 90.0 Å². The first kappa shape index (κ1) is 22.0. The molecular formula is C26H24N4O3. The number of hydrogen-bond acceptors (Lipinski definition) is 5. The average Bonchev–Trinajstić information content (AvgIpc) is 2.84. The van der Waals surface area contributed by atoms with Gasteiger partial charge in [-0.1, -0.05) is 36.4 Å². The summed E-state index contributed by atoms with van der Waals surface area (Å²) in [5.41, 5.74) is 2.73. The molecule has 7 heteroatoms. The number of aromatic nitrogens is 3. The van der Waals surface area contributed by atoms with E-state index in [9.17, 15) is 9.59 Å². The third-order valence-electron chi connectivity index (χ3n) is 5.18. The van der Waals surface area contributed by atoms with Crippen molar-refractivity contribution >= 4 is 5.91 Å². The highest BCUT2D eigenvalue weighted by atomic mass is 16.5. The van der Waals surface area contributed by atoms with Crippen molar-refractivity contribution in [2.45, 2.75) is 26.5 Å². The molecule has 0 aliphatic heterocycles. The number of hydrogen-bond donors (Lipinski definition) is 1. The van der Waals surface area contributed by atoms with E-state index in [4.69, 9.17) is 4.74 Å². The Labute approximate surface area is 191 Å². The van der Waals surface area contributed by atoms with Crippen LogP contribution in [0.5, 0.6) is 5.75 Å². The van der Waals surface area contributed by atoms with Crippen molar-refractivity contribution in [2.75, 3.05) is 0 Å². The van der Waals surface area contributed by atoms with Crippen LogP contribution in [0.1, 0.15) is 40.3 Å². The van der Waals surface area contributed by atoms with Gasteiger partial charge in [-0.15, -0.1) is 0 Å². The Kier molecular flexibility index (Phi) is 6.59. The number of carbonyl (C=O) groups is 1. The van der Waals surface area contributed by atoms with Crippen molar-refractivity contribution < 1.29 is 9.53 Å². The number of para-hydroxylation sites is 1. The molecule has 166 valence electrons. The molecule has 0 saturated carbocycles. The Morgan fingerprint density at radius 3 is 2.52 bits per heavy atom. The van der Waals surface area contributed by atoms with Gasteiger partial charge in [-0.2, -0.15) is 5.10 Å². The average molecular weight is 441 g/mol. The predicted octanol–water partition coefficient (Wildman–Crippen LogP) is 4.01. The molecule has 0 aliphatic rings. The molecule has 33 heavy (non-hydrogen) atoms. The standard InChI is InChI=1S/C26H24N4O3/c1-18-15-24(31)25(29-30(18)22-8-4-3-5-9-22)26(32)28-19(2)21-10-12-23(13-11-21)33-17-20-7-6-14-27-16-20/h3-16,19H,17H2,1-2H3,(H,28,32). The van der Waals surface area contributed by atoms with Gasteiger partial charge in [0, 0.05) is 29.7 Å². The third kappa shape index (κ3) is 5.33. The zero-order valence-electron chi connectivity index (χ0n) is 18.4. The lowest BCUT2D eigenvalue weighted by atomic mass is 10.1. The molecule has 1 amide bonds. The van der Waals surface area contributed by atoms with Gasteiger partial charge in [-0.3, -0.25) is 14.6 Å². The zero-order chi connectivity index (χ0) is 23.2. The number of aryl methyl sites for hydroxylation is 1. The van der Waals surface area contributed by atoms with Crippen molar-refractivity contribution in [1.82, 2.24) is 20.1 Å². The summed E-state index contributed by atoms with van der Waals surface area (Å²) in [4.78, 5) is 29.4. The van der Waals surface area contributed by atoms with Crippen LogP contribution in [0.3, 0.4) is 0 Å². The molecule has 2 aromatic heterocycles. The summed E-state index contributed by atoms with van der Waals surface area (Å²) in [7, 11) is 0. The Bertz CT molecular complexity index is 1290. The van der Waals surface area contributed by atoms with E-state index in [1.54, 1.807) is 24.0 Å². The van der Waals surface area contributed by atoms with E-state index in [2.05, 4.69) is 15.4 Å². The first-order valence-electron chi connectivity index (χ1n) is 10.6. The van der Waals surface area contributed by atoms with Crippen molar-refractivity contribution in [3.63, 3.8) is 0 Å². The summed E-state index contributed by atoms with van der Waals surface area (Å²) in [5, 5.41) is 7.19. The topological polar surface area (TPSA) is 86.1 Å². The quantitative estimate of drug-likeness (QED) is 0.469. The van der Waals surface area contributed by atoms with Crippen molar-refractivity contribution in [3.8, 4) is 11.4 Å². The van der Waals surface area contributed by atoms with Crippen LogP contribution in [-0.2, 0) is 6.61 Å². The lowest BCUT2D eigenvalue weighted by Gasteiger charge is -2.16. The van der Waals surface area contributed by atoms with Crippen molar-refractivity contribution in [3.05, 3.63) is 118 Å². The van der Waals surface area contributed by atoms with Crippen LogP contribution < -0.4 is 15.5 Å². The van der Waals surface area contributed by atoms with Gasteiger partial charge in [0.2, 0.25) is 5.43 Å². The van der Waals surface area contributed by atoms with E-state index in [1.807, 2.05) is 73.7 Å². The van der Waals surface area contributed by atoms with Gasteiger partial charge < -0.3 is 10.1 Å². The van der Waals surface area contributed by atoms with Crippen molar-refractivity contribution in [2.24, 2.45) is 0 Å². The monoisotopic (exact) mass is 440 g/mol. The predicted molar refractivity (Wildman–Crippen MR) is 125 cm³/mol. The smallest absolute Gasteiger partial charge is 0.276 e. The Balaban J connectivity index is 1.45. The fraction of sp³-hybridized carbons (Fsp3) is 0.154. The molecule has 2 aromatic carbocycles. The Morgan fingerprint density at radius 1 is 1.06 bits per heavy atom. The van der Waals surface area contributed by atoms with Crippen LogP contribution in [0.2, 0.25) is 0 Å². The molecular weight excluding hydrogens is 416 g/mol. The van der Waals surface area contributed by atoms with Crippen LogP contribution in [-0.4, -0.2) is 20.7 Å². The molecule has 1 unspecified atom stereocenters. The number of rotatable bonds is 7. The molecule has 1 atom stereocenters. The number of nitrogens with zero attached hydrogens (tertiary/aromatic N) is 3. The molecule has 2 heterocycles. The van der Waals surface area contributed by atoms with Crippen LogP contribution in [0.4, 0.5) is 0 Å². The van der Waals surface area contributed by atoms with E-state index in [0.717, 1.165) is 16.8 Å². The second-order valence-electron chi connectivity index (χ2n) is 7.66. The number of pyridine rings is 1. The normalized spacial score (nSPS) is 11.6. The summed E-state index contributed by atoms with van der Waals surface area (Å²) in [6, 6.07) is 21.8. The van der Waals surface area contributed by atoms with Gasteiger partial charge in [0.05, 0.1) is 11.7 Å². The van der Waals surface area contributed by atoms with E-state index < -0.39 is 11.3 Å². The van der Waals surface area contributed by atoms with E-state index in [0.29, 0.717) is 18.1 Å². The van der Waals surface area contributed by atoms with E-state index in [-0.39, 0.29) is 11.7 Å². The summed E-state index contributed by atoms with van der Waals surface area (Å²) < 4.78 is 7.37. The van der Waals surface area contributed by atoms with Gasteiger partial charge >= 0.3 is 0 Å². The second-order valence-corrected chi connectivity index (χ2v) is 7.66. The van der Waals surface area contributed by atoms with E-state index >= 15 is 0 Å². The fourth-order valence-electron chi connectivity index (χ4n) is 3.39. The van der Waals surface area contributed by atoms with Crippen LogP contribution in [0, 0.1) is 6.92 Å². The number of amides is 1. The highest BCUT2D eigenvalue weighted by molar-refractivity contribution is 5.92. The largest absolute Gasteiger partial charge is 0.489 e. The number of ether oxygens (including phenoxy) is 1.